The van der Waals surface area contributed by atoms with Crippen molar-refractivity contribution in [1.29, 1.82) is 0 Å². The number of ether oxygens (including phenoxy) is 1. The average Bonchev–Trinajstić information content (AvgIpc) is 2.22. The third kappa shape index (κ3) is 8.04. The third-order valence-corrected chi connectivity index (χ3v) is 3.70. The number of rotatable bonds is 9. The summed E-state index contributed by atoms with van der Waals surface area (Å²) in [6.45, 7) is 5.60. The van der Waals surface area contributed by atoms with Crippen molar-refractivity contribution in [3.63, 3.8) is 0 Å². The number of methoxy groups -OCH3 is 1. The fourth-order valence-electron chi connectivity index (χ4n) is 1.08. The van der Waals surface area contributed by atoms with Crippen molar-refractivity contribution in [2.45, 2.75) is 20.3 Å². The highest BCUT2D eigenvalue weighted by atomic mass is 32.2. The summed E-state index contributed by atoms with van der Waals surface area (Å²) in [5, 5.41) is 2.82. The largest absolute Gasteiger partial charge is 0.385 e. The van der Waals surface area contributed by atoms with Crippen molar-refractivity contribution in [1.82, 2.24) is 10.0 Å². The summed E-state index contributed by atoms with van der Waals surface area (Å²) < 4.78 is 30.7. The van der Waals surface area contributed by atoms with Crippen LogP contribution in [0.2, 0.25) is 0 Å². The van der Waals surface area contributed by atoms with Crippen molar-refractivity contribution in [2.75, 3.05) is 39.6 Å². The maximum atomic E-state index is 11.5. The predicted octanol–water partition coefficient (Wildman–Crippen LogP) is 0.188. The van der Waals surface area contributed by atoms with Gasteiger partial charge in [-0.1, -0.05) is 13.8 Å². The molecule has 0 unspecified atom stereocenters. The van der Waals surface area contributed by atoms with Crippen molar-refractivity contribution in [2.24, 2.45) is 5.41 Å². The summed E-state index contributed by atoms with van der Waals surface area (Å²) >= 11 is 0. The molecule has 0 amide bonds. The minimum Gasteiger partial charge on any atom is -0.385 e. The van der Waals surface area contributed by atoms with Gasteiger partial charge >= 0.3 is 0 Å². The van der Waals surface area contributed by atoms with E-state index in [1.54, 1.807) is 14.2 Å². The van der Waals surface area contributed by atoms with Gasteiger partial charge in [-0.25, -0.2) is 13.1 Å². The van der Waals surface area contributed by atoms with E-state index < -0.39 is 10.0 Å². The Hall–Kier alpha value is -0.170. The van der Waals surface area contributed by atoms with Crippen molar-refractivity contribution in [3.8, 4) is 0 Å². The van der Waals surface area contributed by atoms with Crippen LogP contribution >= 0.6 is 0 Å². The lowest BCUT2D eigenvalue weighted by atomic mass is 9.90. The number of hydrogen-bond donors (Lipinski definition) is 2. The molecule has 0 rings (SSSR count). The lowest BCUT2D eigenvalue weighted by Gasteiger charge is -2.24. The molecule has 0 aliphatic carbocycles. The van der Waals surface area contributed by atoms with Crippen LogP contribution in [-0.2, 0) is 14.8 Å². The maximum Gasteiger partial charge on any atom is 0.212 e. The average molecular weight is 252 g/mol. The molecule has 5 nitrogen and oxygen atoms in total. The lowest BCUT2D eigenvalue weighted by molar-refractivity contribution is 0.153. The molecule has 0 aliphatic rings. The van der Waals surface area contributed by atoms with Gasteiger partial charge in [-0.2, -0.15) is 0 Å². The highest BCUT2D eigenvalue weighted by molar-refractivity contribution is 7.89. The van der Waals surface area contributed by atoms with E-state index in [0.29, 0.717) is 19.7 Å². The van der Waals surface area contributed by atoms with E-state index in [9.17, 15) is 8.42 Å². The second kappa shape index (κ2) is 7.21. The van der Waals surface area contributed by atoms with E-state index in [-0.39, 0.29) is 11.2 Å². The summed E-state index contributed by atoms with van der Waals surface area (Å²) in [5.41, 5.74) is -0.0806. The molecular formula is C10H24N2O3S. The van der Waals surface area contributed by atoms with E-state index in [2.05, 4.69) is 10.0 Å². The zero-order valence-electron chi connectivity index (χ0n) is 10.7. The van der Waals surface area contributed by atoms with Crippen LogP contribution in [0, 0.1) is 5.41 Å². The fraction of sp³-hybridized carbons (Fsp3) is 1.00. The Morgan fingerprint density at radius 2 is 1.94 bits per heavy atom. The van der Waals surface area contributed by atoms with Gasteiger partial charge in [-0.15, -0.1) is 0 Å². The van der Waals surface area contributed by atoms with Gasteiger partial charge in [0.15, 0.2) is 0 Å². The minimum atomic E-state index is -3.16. The Labute approximate surface area is 99.0 Å². The second-order valence-electron chi connectivity index (χ2n) is 4.65. The van der Waals surface area contributed by atoms with Crippen LogP contribution in [0.3, 0.4) is 0 Å². The van der Waals surface area contributed by atoms with Gasteiger partial charge in [0.05, 0.1) is 5.75 Å². The van der Waals surface area contributed by atoms with E-state index >= 15 is 0 Å². The molecule has 0 saturated carbocycles. The molecule has 0 spiro atoms. The second-order valence-corrected chi connectivity index (χ2v) is 6.58. The molecule has 6 heteroatoms. The van der Waals surface area contributed by atoms with Crippen LogP contribution in [-0.4, -0.2) is 48.0 Å². The van der Waals surface area contributed by atoms with E-state index in [4.69, 9.17) is 4.74 Å². The Morgan fingerprint density at radius 3 is 2.44 bits per heavy atom. The van der Waals surface area contributed by atoms with Crippen LogP contribution in [0.4, 0.5) is 0 Å². The van der Waals surface area contributed by atoms with E-state index in [1.807, 2.05) is 13.8 Å². The first-order chi connectivity index (χ1) is 7.33. The molecule has 0 bridgehead atoms. The molecule has 98 valence electrons. The highest BCUT2D eigenvalue weighted by Crippen LogP contribution is 2.18. The van der Waals surface area contributed by atoms with Gasteiger partial charge in [0, 0.05) is 26.8 Å². The molecule has 0 aromatic rings. The van der Waals surface area contributed by atoms with Crippen molar-refractivity contribution in [3.05, 3.63) is 0 Å². The summed E-state index contributed by atoms with van der Waals surface area (Å²) in [4.78, 5) is 0. The van der Waals surface area contributed by atoms with Gasteiger partial charge in [-0.05, 0) is 18.9 Å². The Morgan fingerprint density at radius 1 is 1.31 bits per heavy atom. The van der Waals surface area contributed by atoms with Crippen molar-refractivity contribution < 1.29 is 13.2 Å². The highest BCUT2D eigenvalue weighted by Gasteiger charge is 2.20. The standard InChI is InChI=1S/C10H24N2O3S/c1-10(2,5-7-15-4)9-12-16(13,14)8-6-11-3/h11-12H,5-9H2,1-4H3. The van der Waals surface area contributed by atoms with Crippen LogP contribution in [0.5, 0.6) is 0 Å². The van der Waals surface area contributed by atoms with Crippen molar-refractivity contribution >= 4 is 10.0 Å². The quantitative estimate of drug-likeness (QED) is 0.614. The minimum absolute atomic E-state index is 0.0806. The fourth-order valence-corrected chi connectivity index (χ4v) is 2.31. The molecule has 0 atom stereocenters. The van der Waals surface area contributed by atoms with E-state index in [0.717, 1.165) is 6.42 Å². The zero-order valence-corrected chi connectivity index (χ0v) is 11.5. The summed E-state index contributed by atoms with van der Waals surface area (Å²) in [6, 6.07) is 0. The molecule has 0 aromatic heterocycles. The lowest BCUT2D eigenvalue weighted by Crippen LogP contribution is -2.37. The smallest absolute Gasteiger partial charge is 0.212 e. The first-order valence-electron chi connectivity index (χ1n) is 5.44. The molecule has 0 radical (unpaired) electrons. The normalized spacial score (nSPS) is 13.0. The van der Waals surface area contributed by atoms with Crippen LogP contribution in [0.25, 0.3) is 0 Å². The van der Waals surface area contributed by atoms with Gasteiger partial charge < -0.3 is 10.1 Å². The molecular weight excluding hydrogens is 228 g/mol. The Balaban J connectivity index is 4.02. The SMILES string of the molecule is CNCCS(=O)(=O)NCC(C)(C)CCOC. The summed E-state index contributed by atoms with van der Waals surface area (Å²) in [6.07, 6.45) is 0.831. The number of hydrogen-bond acceptors (Lipinski definition) is 4. The Bertz CT molecular complexity index is 276. The Kier molecular flexibility index (Phi) is 7.14. The van der Waals surface area contributed by atoms with Crippen LogP contribution in [0.1, 0.15) is 20.3 Å². The third-order valence-electron chi connectivity index (χ3n) is 2.37. The molecule has 0 heterocycles. The summed E-state index contributed by atoms with van der Waals surface area (Å²) in [7, 11) is 0.225. The first-order valence-corrected chi connectivity index (χ1v) is 7.09. The van der Waals surface area contributed by atoms with Gasteiger partial charge in [0.1, 0.15) is 0 Å². The maximum absolute atomic E-state index is 11.5. The van der Waals surface area contributed by atoms with Gasteiger partial charge in [0.2, 0.25) is 10.0 Å². The van der Waals surface area contributed by atoms with E-state index in [1.165, 1.54) is 0 Å². The number of sulfonamides is 1. The topological polar surface area (TPSA) is 67.4 Å². The monoisotopic (exact) mass is 252 g/mol. The van der Waals surface area contributed by atoms with Gasteiger partial charge in [0.25, 0.3) is 0 Å². The zero-order chi connectivity index (χ0) is 12.7. The molecule has 0 aliphatic heterocycles. The molecule has 0 saturated heterocycles. The van der Waals surface area contributed by atoms with Crippen LogP contribution < -0.4 is 10.0 Å². The van der Waals surface area contributed by atoms with Crippen LogP contribution in [0.15, 0.2) is 0 Å². The predicted molar refractivity (Wildman–Crippen MR) is 66.0 cm³/mol. The molecule has 16 heavy (non-hydrogen) atoms. The number of nitrogens with one attached hydrogen (secondary N) is 2. The summed E-state index contributed by atoms with van der Waals surface area (Å²) in [5.74, 6) is 0.115. The molecule has 2 N–H and O–H groups in total. The molecule has 0 aromatic carbocycles. The first kappa shape index (κ1) is 15.8. The van der Waals surface area contributed by atoms with Gasteiger partial charge in [-0.3, -0.25) is 0 Å². The molecule has 0 fully saturated rings.